The van der Waals surface area contributed by atoms with Crippen LogP contribution in [0.1, 0.15) is 19.3 Å². The van der Waals surface area contributed by atoms with Crippen LogP contribution in [0.25, 0.3) is 0 Å². The van der Waals surface area contributed by atoms with Crippen molar-refractivity contribution in [3.05, 3.63) is 0 Å². The van der Waals surface area contributed by atoms with Crippen molar-refractivity contribution in [2.24, 2.45) is 5.92 Å². The Hall–Kier alpha value is -1.22. The molecule has 8 heteroatoms. The molecular weight excluding hydrogens is 338 g/mol. The number of piperidine rings is 1. The van der Waals surface area contributed by atoms with Gasteiger partial charge in [-0.05, 0) is 0 Å². The molecule has 2 amide bonds. The van der Waals surface area contributed by atoms with E-state index >= 15 is 0 Å². The molecule has 4 heterocycles. The molecule has 0 bridgehead atoms. The van der Waals surface area contributed by atoms with Gasteiger partial charge in [-0.25, -0.2) is 0 Å². The first-order valence-corrected chi connectivity index (χ1v) is 9.80. The number of ether oxygens (including phenoxy) is 3. The number of hydrogen-bond donors (Lipinski definition) is 0. The van der Waals surface area contributed by atoms with Gasteiger partial charge in [0, 0.05) is 65.1 Å². The molecule has 0 aromatic rings. The number of hydrogen-bond acceptors (Lipinski definition) is 6. The minimum absolute atomic E-state index is 0.104. The molecule has 4 fully saturated rings. The highest BCUT2D eigenvalue weighted by Crippen LogP contribution is 2.32. The molecule has 0 N–H and O–H groups in total. The summed E-state index contributed by atoms with van der Waals surface area (Å²) < 4.78 is 16.8. The zero-order chi connectivity index (χ0) is 18.0. The van der Waals surface area contributed by atoms with E-state index in [1.165, 1.54) is 0 Å². The van der Waals surface area contributed by atoms with Gasteiger partial charge < -0.3 is 24.0 Å². The van der Waals surface area contributed by atoms with Crippen LogP contribution in [-0.2, 0) is 23.8 Å². The minimum atomic E-state index is -0.466. The van der Waals surface area contributed by atoms with Gasteiger partial charge in [0.2, 0.25) is 11.8 Å². The molecule has 26 heavy (non-hydrogen) atoms. The lowest BCUT2D eigenvalue weighted by Gasteiger charge is -2.38. The number of morpholine rings is 1. The molecule has 0 aromatic carbocycles. The van der Waals surface area contributed by atoms with Crippen molar-refractivity contribution in [2.45, 2.75) is 25.0 Å². The van der Waals surface area contributed by atoms with Crippen molar-refractivity contribution in [3.63, 3.8) is 0 Å². The molecule has 8 nitrogen and oxygen atoms in total. The molecule has 4 aliphatic heterocycles. The molecule has 1 atom stereocenters. The molecule has 1 unspecified atom stereocenters. The summed E-state index contributed by atoms with van der Waals surface area (Å²) in [7, 11) is 0. The van der Waals surface area contributed by atoms with E-state index < -0.39 is 5.79 Å². The van der Waals surface area contributed by atoms with Crippen molar-refractivity contribution in [1.29, 1.82) is 0 Å². The van der Waals surface area contributed by atoms with E-state index in [9.17, 15) is 9.59 Å². The maximum absolute atomic E-state index is 12.8. The Bertz CT molecular complexity index is 521. The van der Waals surface area contributed by atoms with E-state index in [0.717, 1.165) is 45.7 Å². The first kappa shape index (κ1) is 18.2. The fraction of sp³-hybridized carbons (Fsp3) is 0.889. The fourth-order valence-corrected chi connectivity index (χ4v) is 4.35. The van der Waals surface area contributed by atoms with Crippen molar-refractivity contribution in [1.82, 2.24) is 14.7 Å². The van der Waals surface area contributed by atoms with Crippen LogP contribution in [0.2, 0.25) is 0 Å². The largest absolute Gasteiger partial charge is 0.379 e. The lowest BCUT2D eigenvalue weighted by Crippen LogP contribution is -2.49. The second-order valence-electron chi connectivity index (χ2n) is 7.63. The van der Waals surface area contributed by atoms with E-state index in [2.05, 4.69) is 4.90 Å². The number of amides is 2. The second-order valence-corrected chi connectivity index (χ2v) is 7.63. The van der Waals surface area contributed by atoms with Crippen LogP contribution in [0.4, 0.5) is 0 Å². The summed E-state index contributed by atoms with van der Waals surface area (Å²) in [6.07, 6.45) is 1.79. The smallest absolute Gasteiger partial charge is 0.228 e. The highest BCUT2D eigenvalue weighted by atomic mass is 16.7. The summed E-state index contributed by atoms with van der Waals surface area (Å²) in [5, 5.41) is 0. The summed E-state index contributed by atoms with van der Waals surface area (Å²) in [6, 6.07) is 0. The predicted octanol–water partition coefficient (Wildman–Crippen LogP) is -0.467. The molecule has 0 aliphatic carbocycles. The van der Waals surface area contributed by atoms with E-state index in [-0.39, 0.29) is 17.7 Å². The van der Waals surface area contributed by atoms with Gasteiger partial charge in [-0.1, -0.05) is 0 Å². The minimum Gasteiger partial charge on any atom is -0.379 e. The summed E-state index contributed by atoms with van der Waals surface area (Å²) >= 11 is 0. The summed E-state index contributed by atoms with van der Waals surface area (Å²) in [5.74, 6) is -0.453. The van der Waals surface area contributed by atoms with Crippen LogP contribution in [0, 0.1) is 5.92 Å². The maximum atomic E-state index is 12.8. The van der Waals surface area contributed by atoms with Crippen LogP contribution in [0.5, 0.6) is 0 Å². The predicted molar refractivity (Wildman–Crippen MR) is 92.4 cm³/mol. The van der Waals surface area contributed by atoms with Crippen LogP contribution in [-0.4, -0.2) is 105 Å². The maximum Gasteiger partial charge on any atom is 0.228 e. The van der Waals surface area contributed by atoms with Crippen molar-refractivity contribution < 1.29 is 23.8 Å². The zero-order valence-electron chi connectivity index (χ0n) is 15.4. The Morgan fingerprint density at radius 3 is 2.38 bits per heavy atom. The van der Waals surface area contributed by atoms with Crippen LogP contribution < -0.4 is 0 Å². The van der Waals surface area contributed by atoms with Gasteiger partial charge in [0.05, 0.1) is 32.3 Å². The van der Waals surface area contributed by atoms with Gasteiger partial charge in [0.15, 0.2) is 5.79 Å². The monoisotopic (exact) mass is 367 g/mol. The van der Waals surface area contributed by atoms with E-state index in [1.54, 1.807) is 0 Å². The third kappa shape index (κ3) is 3.88. The number of nitrogens with zero attached hydrogens (tertiary/aromatic N) is 3. The lowest BCUT2D eigenvalue weighted by atomic mass is 10.0. The summed E-state index contributed by atoms with van der Waals surface area (Å²) in [4.78, 5) is 31.2. The van der Waals surface area contributed by atoms with Crippen molar-refractivity contribution in [3.8, 4) is 0 Å². The Morgan fingerprint density at radius 2 is 1.69 bits per heavy atom. The third-order valence-corrected chi connectivity index (χ3v) is 6.00. The Kier molecular flexibility index (Phi) is 5.45. The Morgan fingerprint density at radius 1 is 1.00 bits per heavy atom. The summed E-state index contributed by atoms with van der Waals surface area (Å²) in [5.41, 5.74) is 0. The summed E-state index contributed by atoms with van der Waals surface area (Å²) in [6.45, 7) is 8.06. The standard InChI is InChI=1S/C18H29N3O5/c22-16-13-15(14-21(16)6-5-19-7-9-24-10-8-19)17(23)20-3-1-18(2-4-20)25-11-12-26-18/h15H,1-14H2. The van der Waals surface area contributed by atoms with Crippen LogP contribution in [0.3, 0.4) is 0 Å². The van der Waals surface area contributed by atoms with Gasteiger partial charge in [-0.2, -0.15) is 0 Å². The van der Waals surface area contributed by atoms with Crippen LogP contribution in [0.15, 0.2) is 0 Å². The average molecular weight is 367 g/mol. The van der Waals surface area contributed by atoms with E-state index in [4.69, 9.17) is 14.2 Å². The Labute approximate surface area is 154 Å². The van der Waals surface area contributed by atoms with Gasteiger partial charge >= 0.3 is 0 Å². The molecule has 0 saturated carbocycles. The molecule has 0 radical (unpaired) electrons. The van der Waals surface area contributed by atoms with Crippen molar-refractivity contribution >= 4 is 11.8 Å². The molecule has 4 saturated heterocycles. The zero-order valence-corrected chi connectivity index (χ0v) is 15.4. The van der Waals surface area contributed by atoms with Crippen molar-refractivity contribution in [2.75, 3.05) is 72.2 Å². The van der Waals surface area contributed by atoms with Gasteiger partial charge in [0.25, 0.3) is 0 Å². The average Bonchev–Trinajstić information content (AvgIpc) is 3.28. The first-order chi connectivity index (χ1) is 12.7. The van der Waals surface area contributed by atoms with Gasteiger partial charge in [-0.15, -0.1) is 0 Å². The SMILES string of the molecule is O=C1CC(C(=O)N2CCC3(CC2)OCCO3)CN1CCN1CCOCC1. The third-order valence-electron chi connectivity index (χ3n) is 6.00. The van der Waals surface area contributed by atoms with Gasteiger partial charge in [-0.3, -0.25) is 14.5 Å². The highest BCUT2D eigenvalue weighted by Gasteiger charge is 2.43. The van der Waals surface area contributed by atoms with Gasteiger partial charge in [0.1, 0.15) is 0 Å². The first-order valence-electron chi connectivity index (χ1n) is 9.80. The highest BCUT2D eigenvalue weighted by molar-refractivity contribution is 5.89. The topological polar surface area (TPSA) is 71.6 Å². The number of carbonyl (C=O) groups is 2. The van der Waals surface area contributed by atoms with Crippen LogP contribution >= 0.6 is 0 Å². The molecule has 4 aliphatic rings. The van der Waals surface area contributed by atoms with E-state index in [1.807, 2.05) is 9.80 Å². The molecule has 0 aromatic heterocycles. The fourth-order valence-electron chi connectivity index (χ4n) is 4.35. The number of carbonyl (C=O) groups excluding carboxylic acids is 2. The second kappa shape index (κ2) is 7.80. The number of likely N-dealkylation sites (tertiary alicyclic amines) is 2. The molecular formula is C18H29N3O5. The molecule has 1 spiro atoms. The molecule has 146 valence electrons. The lowest BCUT2D eigenvalue weighted by molar-refractivity contribution is -0.188. The molecule has 4 rings (SSSR count). The quantitative estimate of drug-likeness (QED) is 0.669. The Balaban J connectivity index is 1.24. The van der Waals surface area contributed by atoms with E-state index in [0.29, 0.717) is 45.8 Å². The number of rotatable bonds is 4. The normalized spacial score (nSPS) is 29.7.